The van der Waals surface area contributed by atoms with Gasteiger partial charge in [-0.3, -0.25) is 9.10 Å². The van der Waals surface area contributed by atoms with Gasteiger partial charge >= 0.3 is 0 Å². The lowest BCUT2D eigenvalue weighted by atomic mass is 10.2. The number of nitrogens with one attached hydrogen (secondary N) is 1. The third kappa shape index (κ3) is 4.83. The molecular formula is C23H21FN2O5S. The van der Waals surface area contributed by atoms with E-state index in [2.05, 4.69) is 5.32 Å². The molecule has 0 bridgehead atoms. The van der Waals surface area contributed by atoms with E-state index in [1.165, 1.54) is 24.3 Å². The first kappa shape index (κ1) is 21.6. The highest BCUT2D eigenvalue weighted by atomic mass is 32.2. The first-order chi connectivity index (χ1) is 15.4. The molecule has 0 saturated carbocycles. The summed E-state index contributed by atoms with van der Waals surface area (Å²) in [6, 6.07) is 18.3. The maximum atomic E-state index is 13.4. The SMILES string of the molecule is O=C(CN(c1ccc2c(c1)OCCO2)S(=O)(=O)c1ccccc1)NCc1ccc(F)cc1. The number of amides is 1. The van der Waals surface area contributed by atoms with Gasteiger partial charge in [-0.25, -0.2) is 12.8 Å². The molecule has 7 nitrogen and oxygen atoms in total. The van der Waals surface area contributed by atoms with Crippen molar-refractivity contribution in [3.05, 3.63) is 84.2 Å². The fraction of sp³-hybridized carbons (Fsp3) is 0.174. The predicted molar refractivity (Wildman–Crippen MR) is 117 cm³/mol. The minimum atomic E-state index is -4.04. The highest BCUT2D eigenvalue weighted by molar-refractivity contribution is 7.92. The van der Waals surface area contributed by atoms with Gasteiger partial charge in [0, 0.05) is 12.6 Å². The number of carbonyl (C=O) groups excluding carboxylic acids is 1. The average Bonchev–Trinajstić information content (AvgIpc) is 2.82. The standard InChI is InChI=1S/C23H21FN2O5S/c24-18-8-6-17(7-9-18)15-25-23(27)16-26(32(28,29)20-4-2-1-3-5-20)19-10-11-21-22(14-19)31-13-12-30-21/h1-11,14H,12-13,15-16H2,(H,25,27). The number of hydrogen-bond acceptors (Lipinski definition) is 5. The zero-order valence-electron chi connectivity index (χ0n) is 17.0. The van der Waals surface area contributed by atoms with Crippen LogP contribution in [0.2, 0.25) is 0 Å². The van der Waals surface area contributed by atoms with Crippen LogP contribution in [0.5, 0.6) is 11.5 Å². The molecule has 3 aromatic carbocycles. The van der Waals surface area contributed by atoms with Crippen LogP contribution < -0.4 is 19.1 Å². The van der Waals surface area contributed by atoms with Crippen LogP contribution in [-0.2, 0) is 21.4 Å². The second-order valence-electron chi connectivity index (χ2n) is 7.06. The van der Waals surface area contributed by atoms with Crippen molar-refractivity contribution in [2.75, 3.05) is 24.1 Å². The molecule has 3 aromatic rings. The van der Waals surface area contributed by atoms with Gasteiger partial charge in [0.25, 0.3) is 10.0 Å². The molecule has 0 spiro atoms. The van der Waals surface area contributed by atoms with Gasteiger partial charge in [0.05, 0.1) is 10.6 Å². The molecule has 9 heteroatoms. The quantitative estimate of drug-likeness (QED) is 0.591. The fourth-order valence-corrected chi connectivity index (χ4v) is 4.65. The number of anilines is 1. The molecule has 32 heavy (non-hydrogen) atoms. The number of carbonyl (C=O) groups is 1. The molecule has 1 amide bonds. The summed E-state index contributed by atoms with van der Waals surface area (Å²) in [5.41, 5.74) is 0.964. The number of rotatable bonds is 7. The van der Waals surface area contributed by atoms with Crippen LogP contribution in [0.1, 0.15) is 5.56 Å². The second-order valence-corrected chi connectivity index (χ2v) is 8.92. The van der Waals surface area contributed by atoms with E-state index >= 15 is 0 Å². The van der Waals surface area contributed by atoms with Crippen molar-refractivity contribution in [3.63, 3.8) is 0 Å². The first-order valence-electron chi connectivity index (χ1n) is 9.92. The van der Waals surface area contributed by atoms with Crippen molar-refractivity contribution in [2.45, 2.75) is 11.4 Å². The summed E-state index contributed by atoms with van der Waals surface area (Å²) in [5.74, 6) is 0.0362. The lowest BCUT2D eigenvalue weighted by molar-refractivity contribution is -0.119. The lowest BCUT2D eigenvalue weighted by Crippen LogP contribution is -2.40. The van der Waals surface area contributed by atoms with Crippen LogP contribution in [0.3, 0.4) is 0 Å². The van der Waals surface area contributed by atoms with Crippen molar-refractivity contribution in [2.24, 2.45) is 0 Å². The number of halogens is 1. The Morgan fingerprint density at radius 1 is 0.938 bits per heavy atom. The van der Waals surface area contributed by atoms with Crippen molar-refractivity contribution >= 4 is 21.6 Å². The molecule has 4 rings (SSSR count). The van der Waals surface area contributed by atoms with Gasteiger partial charge in [0.15, 0.2) is 11.5 Å². The van der Waals surface area contributed by atoms with Crippen molar-refractivity contribution in [3.8, 4) is 11.5 Å². The molecule has 1 aliphatic rings. The van der Waals surface area contributed by atoms with E-state index in [1.807, 2.05) is 0 Å². The predicted octanol–water partition coefficient (Wildman–Crippen LogP) is 3.11. The third-order valence-corrected chi connectivity index (χ3v) is 6.62. The van der Waals surface area contributed by atoms with Gasteiger partial charge in [-0.05, 0) is 42.0 Å². The largest absolute Gasteiger partial charge is 0.486 e. The van der Waals surface area contributed by atoms with Gasteiger partial charge in [-0.2, -0.15) is 0 Å². The van der Waals surface area contributed by atoms with E-state index in [-0.39, 0.29) is 22.9 Å². The Kier molecular flexibility index (Phi) is 6.27. The monoisotopic (exact) mass is 456 g/mol. The van der Waals surface area contributed by atoms with Gasteiger partial charge in [-0.15, -0.1) is 0 Å². The summed E-state index contributed by atoms with van der Waals surface area (Å²) in [6.07, 6.45) is 0. The summed E-state index contributed by atoms with van der Waals surface area (Å²) in [7, 11) is -4.04. The van der Waals surface area contributed by atoms with E-state index in [0.29, 0.717) is 30.3 Å². The molecule has 0 radical (unpaired) electrons. The third-order valence-electron chi connectivity index (χ3n) is 4.84. The fourth-order valence-electron chi connectivity index (χ4n) is 3.21. The van der Waals surface area contributed by atoms with Crippen molar-refractivity contribution in [1.29, 1.82) is 0 Å². The van der Waals surface area contributed by atoms with Gasteiger partial charge in [-0.1, -0.05) is 30.3 Å². The summed E-state index contributed by atoms with van der Waals surface area (Å²) in [4.78, 5) is 12.7. The normalized spacial score (nSPS) is 12.8. The highest BCUT2D eigenvalue weighted by Gasteiger charge is 2.28. The molecule has 1 heterocycles. The molecule has 0 aromatic heterocycles. The van der Waals surface area contributed by atoms with Crippen LogP contribution in [0.15, 0.2) is 77.7 Å². The molecule has 1 N–H and O–H groups in total. The Labute approximate surface area is 185 Å². The number of fused-ring (bicyclic) bond motifs is 1. The number of nitrogens with zero attached hydrogens (tertiary/aromatic N) is 1. The van der Waals surface area contributed by atoms with Crippen LogP contribution in [0, 0.1) is 5.82 Å². The molecule has 0 atom stereocenters. The Bertz CT molecular complexity index is 1200. The van der Waals surface area contributed by atoms with Crippen molar-refractivity contribution in [1.82, 2.24) is 5.32 Å². The molecule has 0 unspecified atom stereocenters. The van der Waals surface area contributed by atoms with Crippen LogP contribution in [0.25, 0.3) is 0 Å². The first-order valence-corrected chi connectivity index (χ1v) is 11.4. The van der Waals surface area contributed by atoms with E-state index in [4.69, 9.17) is 9.47 Å². The number of ether oxygens (including phenoxy) is 2. The zero-order valence-corrected chi connectivity index (χ0v) is 17.8. The smallest absolute Gasteiger partial charge is 0.264 e. The lowest BCUT2D eigenvalue weighted by Gasteiger charge is -2.26. The van der Waals surface area contributed by atoms with Gasteiger partial charge in [0.1, 0.15) is 25.6 Å². The molecule has 0 fully saturated rings. The Balaban J connectivity index is 1.60. The van der Waals surface area contributed by atoms with E-state index in [0.717, 1.165) is 4.31 Å². The molecule has 1 aliphatic heterocycles. The summed E-state index contributed by atoms with van der Waals surface area (Å²) in [5, 5.41) is 2.68. The van der Waals surface area contributed by atoms with Gasteiger partial charge < -0.3 is 14.8 Å². The van der Waals surface area contributed by atoms with Crippen LogP contribution in [0.4, 0.5) is 10.1 Å². The summed E-state index contributed by atoms with van der Waals surface area (Å²) < 4.78 is 51.9. The van der Waals surface area contributed by atoms with Crippen molar-refractivity contribution < 1.29 is 27.1 Å². The second kappa shape index (κ2) is 9.27. The number of sulfonamides is 1. The Morgan fingerprint density at radius 2 is 1.62 bits per heavy atom. The van der Waals surface area contributed by atoms with E-state index in [9.17, 15) is 17.6 Å². The molecule has 0 aliphatic carbocycles. The maximum absolute atomic E-state index is 13.4. The minimum absolute atomic E-state index is 0.0567. The van der Waals surface area contributed by atoms with E-state index in [1.54, 1.807) is 48.5 Å². The number of hydrogen-bond donors (Lipinski definition) is 1. The summed E-state index contributed by atoms with van der Waals surface area (Å²) >= 11 is 0. The Hall–Kier alpha value is -3.59. The summed E-state index contributed by atoms with van der Waals surface area (Å²) in [6.45, 7) is 0.446. The highest BCUT2D eigenvalue weighted by Crippen LogP contribution is 2.35. The molecule has 0 saturated heterocycles. The number of benzene rings is 3. The van der Waals surface area contributed by atoms with Gasteiger partial charge in [0.2, 0.25) is 5.91 Å². The topological polar surface area (TPSA) is 84.9 Å². The average molecular weight is 456 g/mol. The zero-order chi connectivity index (χ0) is 22.6. The minimum Gasteiger partial charge on any atom is -0.486 e. The molecular weight excluding hydrogens is 435 g/mol. The van der Waals surface area contributed by atoms with E-state index < -0.39 is 22.5 Å². The van der Waals surface area contributed by atoms with Crippen LogP contribution >= 0.6 is 0 Å². The van der Waals surface area contributed by atoms with Crippen LogP contribution in [-0.4, -0.2) is 34.1 Å². The Morgan fingerprint density at radius 3 is 2.34 bits per heavy atom. The maximum Gasteiger partial charge on any atom is 0.264 e. The molecule has 166 valence electrons.